The second kappa shape index (κ2) is 4.36. The van der Waals surface area contributed by atoms with Gasteiger partial charge in [0.2, 0.25) is 0 Å². The van der Waals surface area contributed by atoms with Crippen LogP contribution in [0.2, 0.25) is 0 Å². The average Bonchev–Trinajstić information content (AvgIpc) is 2.81. The van der Waals surface area contributed by atoms with Crippen molar-refractivity contribution in [3.05, 3.63) is 41.7 Å². The van der Waals surface area contributed by atoms with Gasteiger partial charge in [-0.3, -0.25) is 0 Å². The summed E-state index contributed by atoms with van der Waals surface area (Å²) in [6, 6.07) is 9.33. The molecule has 0 amide bonds. The molecule has 2 heterocycles. The molecule has 0 aliphatic carbocycles. The van der Waals surface area contributed by atoms with E-state index in [9.17, 15) is 0 Å². The number of rotatable bonds is 2. The summed E-state index contributed by atoms with van der Waals surface area (Å²) in [5.41, 5.74) is 8.53. The quantitative estimate of drug-likeness (QED) is 0.703. The standard InChI is InChI=1S/C12H10N6S/c1-7-6-9(11(13)19)15-12(14-7)18-10-5-3-2-4-8(10)16-17-18/h2-6H,1H3,(H2,13,19). The van der Waals surface area contributed by atoms with Crippen LogP contribution in [0.1, 0.15) is 11.4 Å². The van der Waals surface area contributed by atoms with Gasteiger partial charge in [-0.25, -0.2) is 9.97 Å². The van der Waals surface area contributed by atoms with Gasteiger partial charge in [0.15, 0.2) is 0 Å². The van der Waals surface area contributed by atoms with Crippen molar-refractivity contribution in [3.8, 4) is 5.95 Å². The predicted octanol–water partition coefficient (Wildman–Crippen LogP) is 1.15. The summed E-state index contributed by atoms with van der Waals surface area (Å²) < 4.78 is 1.57. The fraction of sp³-hybridized carbons (Fsp3) is 0.0833. The minimum absolute atomic E-state index is 0.233. The van der Waals surface area contributed by atoms with Crippen LogP contribution in [0.5, 0.6) is 0 Å². The van der Waals surface area contributed by atoms with E-state index in [0.717, 1.165) is 16.7 Å². The average molecular weight is 270 g/mol. The van der Waals surface area contributed by atoms with Crippen LogP contribution in [0.4, 0.5) is 0 Å². The van der Waals surface area contributed by atoms with E-state index < -0.39 is 0 Å². The van der Waals surface area contributed by atoms with Gasteiger partial charge in [0.1, 0.15) is 16.2 Å². The van der Waals surface area contributed by atoms with Crippen LogP contribution in [-0.4, -0.2) is 30.0 Å². The largest absolute Gasteiger partial charge is 0.388 e. The summed E-state index contributed by atoms with van der Waals surface area (Å²) in [7, 11) is 0. The normalized spacial score (nSPS) is 10.8. The lowest BCUT2D eigenvalue weighted by Crippen LogP contribution is -2.15. The molecule has 0 radical (unpaired) electrons. The first kappa shape index (κ1) is 11.7. The molecule has 2 aromatic heterocycles. The molecular formula is C12H10N6S. The second-order valence-corrected chi connectivity index (χ2v) is 4.49. The van der Waals surface area contributed by atoms with Crippen molar-refractivity contribution in [3.63, 3.8) is 0 Å². The van der Waals surface area contributed by atoms with Gasteiger partial charge in [-0.2, -0.15) is 4.68 Å². The third kappa shape index (κ3) is 2.04. The van der Waals surface area contributed by atoms with Gasteiger partial charge >= 0.3 is 0 Å². The minimum Gasteiger partial charge on any atom is -0.388 e. The summed E-state index contributed by atoms with van der Waals surface area (Å²) in [5.74, 6) is 0.413. The van der Waals surface area contributed by atoms with Crippen molar-refractivity contribution in [1.29, 1.82) is 0 Å². The molecule has 94 valence electrons. The minimum atomic E-state index is 0.233. The number of benzene rings is 1. The van der Waals surface area contributed by atoms with Crippen molar-refractivity contribution in [2.75, 3.05) is 0 Å². The van der Waals surface area contributed by atoms with Crippen LogP contribution in [0, 0.1) is 6.92 Å². The maximum absolute atomic E-state index is 5.61. The molecule has 0 saturated carbocycles. The van der Waals surface area contributed by atoms with Gasteiger partial charge in [-0.05, 0) is 25.1 Å². The summed E-state index contributed by atoms with van der Waals surface area (Å²) in [4.78, 5) is 8.88. The molecule has 0 atom stereocenters. The second-order valence-electron chi connectivity index (χ2n) is 4.05. The third-order valence-corrected chi connectivity index (χ3v) is 2.85. The predicted molar refractivity (Wildman–Crippen MR) is 75.1 cm³/mol. The zero-order chi connectivity index (χ0) is 13.4. The molecule has 0 saturated heterocycles. The fourth-order valence-corrected chi connectivity index (χ4v) is 1.90. The van der Waals surface area contributed by atoms with Gasteiger partial charge < -0.3 is 5.73 Å². The van der Waals surface area contributed by atoms with Crippen LogP contribution in [0.3, 0.4) is 0 Å². The summed E-state index contributed by atoms with van der Waals surface area (Å²) in [6.07, 6.45) is 0. The Hall–Kier alpha value is -2.41. The number of hydrogen-bond donors (Lipinski definition) is 1. The van der Waals surface area contributed by atoms with Gasteiger partial charge in [-0.1, -0.05) is 29.6 Å². The molecule has 0 aliphatic heterocycles. The molecule has 3 aromatic rings. The molecular weight excluding hydrogens is 260 g/mol. The van der Waals surface area contributed by atoms with E-state index in [0.29, 0.717) is 11.6 Å². The SMILES string of the molecule is Cc1cc(C(N)=S)nc(-n2nnc3ccccc32)n1. The first-order chi connectivity index (χ1) is 9.15. The van der Waals surface area contributed by atoms with E-state index >= 15 is 0 Å². The Labute approximate surface area is 114 Å². The van der Waals surface area contributed by atoms with Crippen LogP contribution in [-0.2, 0) is 0 Å². The number of aryl methyl sites for hydroxylation is 1. The smallest absolute Gasteiger partial charge is 0.253 e. The fourth-order valence-electron chi connectivity index (χ4n) is 1.79. The van der Waals surface area contributed by atoms with Crippen LogP contribution >= 0.6 is 12.2 Å². The molecule has 3 rings (SSSR count). The number of nitrogens with two attached hydrogens (primary N) is 1. The highest BCUT2D eigenvalue weighted by Crippen LogP contribution is 2.13. The maximum Gasteiger partial charge on any atom is 0.253 e. The number of nitrogens with zero attached hydrogens (tertiary/aromatic N) is 5. The summed E-state index contributed by atoms with van der Waals surface area (Å²) in [6.45, 7) is 1.85. The molecule has 7 heteroatoms. The molecule has 0 aliphatic rings. The number of fused-ring (bicyclic) bond motifs is 1. The van der Waals surface area contributed by atoms with Crippen molar-refractivity contribution >= 4 is 28.2 Å². The molecule has 0 unspecified atom stereocenters. The Morgan fingerprint density at radius 1 is 1.26 bits per heavy atom. The van der Waals surface area contributed by atoms with E-state index in [-0.39, 0.29) is 4.99 Å². The van der Waals surface area contributed by atoms with E-state index in [2.05, 4.69) is 20.3 Å². The third-order valence-electron chi connectivity index (χ3n) is 2.64. The Kier molecular flexibility index (Phi) is 2.68. The first-order valence-corrected chi connectivity index (χ1v) is 6.02. The van der Waals surface area contributed by atoms with Crippen LogP contribution in [0.15, 0.2) is 30.3 Å². The van der Waals surface area contributed by atoms with Gasteiger partial charge in [0.05, 0.1) is 5.52 Å². The van der Waals surface area contributed by atoms with Crippen molar-refractivity contribution in [2.45, 2.75) is 6.92 Å². The zero-order valence-corrected chi connectivity index (χ0v) is 10.9. The number of thiocarbonyl (C=S) groups is 1. The van der Waals surface area contributed by atoms with Gasteiger partial charge in [-0.15, -0.1) is 5.10 Å². The van der Waals surface area contributed by atoms with Gasteiger partial charge in [0.25, 0.3) is 5.95 Å². The zero-order valence-electron chi connectivity index (χ0n) is 10.1. The van der Waals surface area contributed by atoms with Crippen molar-refractivity contribution in [2.24, 2.45) is 5.73 Å². The number of para-hydroxylation sites is 1. The summed E-state index contributed by atoms with van der Waals surface area (Å²) >= 11 is 4.95. The molecule has 0 spiro atoms. The highest BCUT2D eigenvalue weighted by Gasteiger charge is 2.11. The Morgan fingerprint density at radius 3 is 2.84 bits per heavy atom. The maximum atomic E-state index is 5.61. The van der Waals surface area contributed by atoms with Gasteiger partial charge in [0, 0.05) is 5.69 Å². The van der Waals surface area contributed by atoms with Crippen molar-refractivity contribution < 1.29 is 0 Å². The highest BCUT2D eigenvalue weighted by atomic mass is 32.1. The van der Waals surface area contributed by atoms with E-state index in [1.807, 2.05) is 31.2 Å². The van der Waals surface area contributed by atoms with E-state index in [1.54, 1.807) is 10.7 Å². The number of aromatic nitrogens is 5. The lowest BCUT2D eigenvalue weighted by Gasteiger charge is -2.04. The highest BCUT2D eigenvalue weighted by molar-refractivity contribution is 7.80. The van der Waals surface area contributed by atoms with Crippen molar-refractivity contribution in [1.82, 2.24) is 25.0 Å². The monoisotopic (exact) mass is 270 g/mol. The molecule has 19 heavy (non-hydrogen) atoms. The Balaban J connectivity index is 2.24. The molecule has 6 nitrogen and oxygen atoms in total. The lowest BCUT2D eigenvalue weighted by molar-refractivity contribution is 0.768. The Bertz CT molecular complexity index is 779. The van der Waals surface area contributed by atoms with E-state index in [4.69, 9.17) is 18.0 Å². The number of hydrogen-bond acceptors (Lipinski definition) is 5. The lowest BCUT2D eigenvalue weighted by atomic mass is 10.3. The molecule has 0 fully saturated rings. The molecule has 0 bridgehead atoms. The topological polar surface area (TPSA) is 82.5 Å². The molecule has 2 N–H and O–H groups in total. The van der Waals surface area contributed by atoms with Crippen LogP contribution in [0.25, 0.3) is 17.0 Å². The van der Waals surface area contributed by atoms with E-state index in [1.165, 1.54) is 0 Å². The molecule has 1 aromatic carbocycles. The first-order valence-electron chi connectivity index (χ1n) is 5.61. The Morgan fingerprint density at radius 2 is 2.05 bits per heavy atom. The summed E-state index contributed by atoms with van der Waals surface area (Å²) in [5, 5.41) is 8.13. The van der Waals surface area contributed by atoms with Crippen LogP contribution < -0.4 is 5.73 Å².